The molecule has 0 radical (unpaired) electrons. The van der Waals surface area contributed by atoms with E-state index < -0.39 is 0 Å². The molecule has 0 saturated heterocycles. The SMILES string of the molecule is CCCN(CC1CC1)CC1CCCCC1NC. The van der Waals surface area contributed by atoms with Crippen LogP contribution in [0.1, 0.15) is 51.9 Å². The van der Waals surface area contributed by atoms with E-state index >= 15 is 0 Å². The van der Waals surface area contributed by atoms with E-state index in [9.17, 15) is 0 Å². The zero-order valence-corrected chi connectivity index (χ0v) is 11.8. The summed E-state index contributed by atoms with van der Waals surface area (Å²) in [4.78, 5) is 2.75. The first-order valence-electron chi connectivity index (χ1n) is 7.73. The summed E-state index contributed by atoms with van der Waals surface area (Å²) in [5.74, 6) is 1.94. The first kappa shape index (κ1) is 13.4. The van der Waals surface area contributed by atoms with E-state index in [2.05, 4.69) is 24.2 Å². The van der Waals surface area contributed by atoms with Gasteiger partial charge in [-0.05, 0) is 57.5 Å². The van der Waals surface area contributed by atoms with Crippen LogP contribution in [-0.2, 0) is 0 Å². The van der Waals surface area contributed by atoms with Gasteiger partial charge in [0.05, 0.1) is 0 Å². The summed E-state index contributed by atoms with van der Waals surface area (Å²) >= 11 is 0. The molecule has 2 heteroatoms. The summed E-state index contributed by atoms with van der Waals surface area (Å²) < 4.78 is 0. The van der Waals surface area contributed by atoms with Crippen LogP contribution in [0.25, 0.3) is 0 Å². The highest BCUT2D eigenvalue weighted by atomic mass is 15.1. The molecule has 17 heavy (non-hydrogen) atoms. The Balaban J connectivity index is 1.80. The molecular weight excluding hydrogens is 208 g/mol. The van der Waals surface area contributed by atoms with Gasteiger partial charge in [-0.15, -0.1) is 0 Å². The van der Waals surface area contributed by atoms with Crippen LogP contribution in [0, 0.1) is 11.8 Å². The van der Waals surface area contributed by atoms with Crippen molar-refractivity contribution in [3.63, 3.8) is 0 Å². The first-order valence-corrected chi connectivity index (χ1v) is 7.73. The van der Waals surface area contributed by atoms with Gasteiger partial charge in [-0.25, -0.2) is 0 Å². The molecule has 2 aliphatic carbocycles. The van der Waals surface area contributed by atoms with Crippen LogP contribution in [0.5, 0.6) is 0 Å². The first-order chi connectivity index (χ1) is 8.33. The summed E-state index contributed by atoms with van der Waals surface area (Å²) in [6.45, 7) is 6.34. The second-order valence-electron chi connectivity index (χ2n) is 6.14. The van der Waals surface area contributed by atoms with Gasteiger partial charge < -0.3 is 10.2 Å². The van der Waals surface area contributed by atoms with Gasteiger partial charge >= 0.3 is 0 Å². The summed E-state index contributed by atoms with van der Waals surface area (Å²) in [6, 6.07) is 0.780. The largest absolute Gasteiger partial charge is 0.317 e. The van der Waals surface area contributed by atoms with E-state index in [0.717, 1.165) is 17.9 Å². The van der Waals surface area contributed by atoms with Crippen LogP contribution >= 0.6 is 0 Å². The molecule has 2 rings (SSSR count). The van der Waals surface area contributed by atoms with Crippen LogP contribution in [0.4, 0.5) is 0 Å². The lowest BCUT2D eigenvalue weighted by atomic mass is 9.84. The molecule has 2 atom stereocenters. The maximum absolute atomic E-state index is 3.54. The zero-order chi connectivity index (χ0) is 12.1. The Kier molecular flexibility index (Phi) is 5.30. The van der Waals surface area contributed by atoms with Crippen LogP contribution in [0.15, 0.2) is 0 Å². The Labute approximate surface area is 107 Å². The van der Waals surface area contributed by atoms with Crippen molar-refractivity contribution in [1.29, 1.82) is 0 Å². The Morgan fingerprint density at radius 2 is 1.82 bits per heavy atom. The van der Waals surface area contributed by atoms with Gasteiger partial charge in [-0.3, -0.25) is 0 Å². The molecule has 2 unspecified atom stereocenters. The lowest BCUT2D eigenvalue weighted by Crippen LogP contribution is -2.43. The van der Waals surface area contributed by atoms with E-state index in [1.54, 1.807) is 0 Å². The second-order valence-corrected chi connectivity index (χ2v) is 6.14. The van der Waals surface area contributed by atoms with Crippen molar-refractivity contribution in [1.82, 2.24) is 10.2 Å². The fourth-order valence-corrected chi connectivity index (χ4v) is 3.38. The van der Waals surface area contributed by atoms with Crippen molar-refractivity contribution in [2.75, 3.05) is 26.7 Å². The maximum atomic E-state index is 3.54. The summed E-state index contributed by atoms with van der Waals surface area (Å²) in [6.07, 6.45) is 10.00. The van der Waals surface area contributed by atoms with Crippen molar-refractivity contribution in [2.45, 2.75) is 57.9 Å². The molecule has 0 amide bonds. The third kappa shape index (κ3) is 4.26. The monoisotopic (exact) mass is 238 g/mol. The third-order valence-electron chi connectivity index (χ3n) is 4.53. The summed E-state index contributed by atoms with van der Waals surface area (Å²) in [5, 5.41) is 3.54. The van der Waals surface area contributed by atoms with Crippen molar-refractivity contribution >= 4 is 0 Å². The molecule has 2 fully saturated rings. The molecule has 0 aromatic rings. The molecule has 100 valence electrons. The van der Waals surface area contributed by atoms with Gasteiger partial charge in [0.25, 0.3) is 0 Å². The zero-order valence-electron chi connectivity index (χ0n) is 11.8. The lowest BCUT2D eigenvalue weighted by molar-refractivity contribution is 0.167. The summed E-state index contributed by atoms with van der Waals surface area (Å²) in [7, 11) is 2.15. The lowest BCUT2D eigenvalue weighted by Gasteiger charge is -2.35. The standard InChI is InChI=1S/C15H30N2/c1-3-10-17(11-13-8-9-13)12-14-6-4-5-7-15(14)16-2/h13-16H,3-12H2,1-2H3. The number of hydrogen-bond donors (Lipinski definition) is 1. The normalized spacial score (nSPS) is 29.8. The minimum atomic E-state index is 0.780. The molecule has 0 aromatic carbocycles. The maximum Gasteiger partial charge on any atom is 0.0104 e. The molecule has 0 bridgehead atoms. The average Bonchev–Trinajstić information content (AvgIpc) is 3.14. The van der Waals surface area contributed by atoms with Crippen molar-refractivity contribution in [2.24, 2.45) is 11.8 Å². The van der Waals surface area contributed by atoms with Crippen molar-refractivity contribution < 1.29 is 0 Å². The number of nitrogens with one attached hydrogen (secondary N) is 1. The molecule has 0 aromatic heterocycles. The van der Waals surface area contributed by atoms with Gasteiger partial charge in [0.1, 0.15) is 0 Å². The highest BCUT2D eigenvalue weighted by molar-refractivity contribution is 4.84. The Morgan fingerprint density at radius 3 is 2.47 bits per heavy atom. The smallest absolute Gasteiger partial charge is 0.0104 e. The van der Waals surface area contributed by atoms with Gasteiger partial charge in [0.15, 0.2) is 0 Å². The molecule has 2 aliphatic rings. The number of nitrogens with zero attached hydrogens (tertiary/aromatic N) is 1. The fourth-order valence-electron chi connectivity index (χ4n) is 3.38. The second kappa shape index (κ2) is 6.75. The minimum absolute atomic E-state index is 0.780. The minimum Gasteiger partial charge on any atom is -0.317 e. The predicted molar refractivity (Wildman–Crippen MR) is 74.3 cm³/mol. The van der Waals surface area contributed by atoms with Gasteiger partial charge in [0.2, 0.25) is 0 Å². The highest BCUT2D eigenvalue weighted by Gasteiger charge is 2.28. The van der Waals surface area contributed by atoms with Gasteiger partial charge in [-0.2, -0.15) is 0 Å². The van der Waals surface area contributed by atoms with Crippen molar-refractivity contribution in [3.8, 4) is 0 Å². The molecular formula is C15H30N2. The third-order valence-corrected chi connectivity index (χ3v) is 4.53. The Bertz CT molecular complexity index is 213. The van der Waals surface area contributed by atoms with Gasteiger partial charge in [-0.1, -0.05) is 19.8 Å². The van der Waals surface area contributed by atoms with Crippen LogP contribution in [0.3, 0.4) is 0 Å². The van der Waals surface area contributed by atoms with E-state index in [-0.39, 0.29) is 0 Å². The highest BCUT2D eigenvalue weighted by Crippen LogP contribution is 2.31. The molecule has 0 aliphatic heterocycles. The molecule has 0 spiro atoms. The van der Waals surface area contributed by atoms with E-state index in [1.165, 1.54) is 64.6 Å². The van der Waals surface area contributed by atoms with Crippen LogP contribution in [0.2, 0.25) is 0 Å². The molecule has 2 nitrogen and oxygen atoms in total. The van der Waals surface area contributed by atoms with E-state index in [1.807, 2.05) is 0 Å². The van der Waals surface area contributed by atoms with Gasteiger partial charge in [0, 0.05) is 19.1 Å². The predicted octanol–water partition coefficient (Wildman–Crippen LogP) is 2.89. The molecule has 0 heterocycles. The van der Waals surface area contributed by atoms with E-state index in [0.29, 0.717) is 0 Å². The Morgan fingerprint density at radius 1 is 1.06 bits per heavy atom. The number of rotatable bonds is 7. The molecule has 2 saturated carbocycles. The number of hydrogen-bond acceptors (Lipinski definition) is 2. The van der Waals surface area contributed by atoms with Crippen LogP contribution < -0.4 is 5.32 Å². The fraction of sp³-hybridized carbons (Fsp3) is 1.00. The average molecular weight is 238 g/mol. The topological polar surface area (TPSA) is 15.3 Å². The van der Waals surface area contributed by atoms with Crippen molar-refractivity contribution in [3.05, 3.63) is 0 Å². The van der Waals surface area contributed by atoms with E-state index in [4.69, 9.17) is 0 Å². The van der Waals surface area contributed by atoms with Crippen LogP contribution in [-0.4, -0.2) is 37.6 Å². The summed E-state index contributed by atoms with van der Waals surface area (Å²) in [5.41, 5.74) is 0. The molecule has 1 N–H and O–H groups in total. The Hall–Kier alpha value is -0.0800. The quantitative estimate of drug-likeness (QED) is 0.733.